The predicted molar refractivity (Wildman–Crippen MR) is 67.3 cm³/mol. The molecule has 0 aromatic heterocycles. The summed E-state index contributed by atoms with van der Waals surface area (Å²) in [7, 11) is 1.28. The highest BCUT2D eigenvalue weighted by Gasteiger charge is 2.43. The van der Waals surface area contributed by atoms with Crippen molar-refractivity contribution >= 4 is 18.0 Å². The molecule has 108 valence electrons. The Labute approximate surface area is 113 Å². The van der Waals surface area contributed by atoms with Gasteiger partial charge in [-0.05, 0) is 26.7 Å². The highest BCUT2D eigenvalue weighted by molar-refractivity contribution is 5.95. The van der Waals surface area contributed by atoms with Crippen LogP contribution in [-0.2, 0) is 19.1 Å². The van der Waals surface area contributed by atoms with E-state index in [1.165, 1.54) is 7.11 Å². The Kier molecular flexibility index (Phi) is 4.55. The number of amides is 2. The molecule has 0 unspecified atom stereocenters. The van der Waals surface area contributed by atoms with Gasteiger partial charge >= 0.3 is 12.1 Å². The van der Waals surface area contributed by atoms with Crippen LogP contribution in [0.3, 0.4) is 0 Å². The molecule has 0 aliphatic carbocycles. The van der Waals surface area contributed by atoms with Crippen LogP contribution in [0.4, 0.5) is 4.79 Å². The van der Waals surface area contributed by atoms with Gasteiger partial charge in [-0.1, -0.05) is 6.92 Å². The zero-order valence-corrected chi connectivity index (χ0v) is 12.1. The van der Waals surface area contributed by atoms with Crippen LogP contribution in [0.25, 0.3) is 0 Å². The molecule has 6 heteroatoms. The van der Waals surface area contributed by atoms with Crippen molar-refractivity contribution in [2.45, 2.75) is 52.2 Å². The predicted octanol–water partition coefficient (Wildman–Crippen LogP) is 1.72. The number of methoxy groups -OCH3 is 1. The fraction of sp³-hybridized carbons (Fsp3) is 0.769. The molecule has 2 atom stereocenters. The second kappa shape index (κ2) is 5.59. The van der Waals surface area contributed by atoms with Crippen LogP contribution in [-0.4, -0.2) is 41.6 Å². The SMILES string of the molecule is COC(=O)C[C@H]1[C@H](C)CC(=O)N1C(=O)OC(C)(C)C. The summed E-state index contributed by atoms with van der Waals surface area (Å²) in [6.07, 6.45) is -0.459. The van der Waals surface area contributed by atoms with E-state index in [0.717, 1.165) is 4.90 Å². The molecule has 1 fully saturated rings. The van der Waals surface area contributed by atoms with Gasteiger partial charge in [-0.15, -0.1) is 0 Å². The lowest BCUT2D eigenvalue weighted by Crippen LogP contribution is -2.44. The van der Waals surface area contributed by atoms with Crippen LogP contribution in [0.5, 0.6) is 0 Å². The highest BCUT2D eigenvalue weighted by Crippen LogP contribution is 2.29. The number of rotatable bonds is 2. The van der Waals surface area contributed by atoms with Crippen LogP contribution in [0.15, 0.2) is 0 Å². The first-order chi connectivity index (χ1) is 8.65. The molecule has 2 amide bonds. The zero-order chi connectivity index (χ0) is 14.8. The van der Waals surface area contributed by atoms with Gasteiger partial charge in [0, 0.05) is 6.42 Å². The number of esters is 1. The molecule has 0 N–H and O–H groups in total. The molecule has 0 saturated carbocycles. The minimum absolute atomic E-state index is 0.00263. The molecule has 1 saturated heterocycles. The third-order valence-corrected chi connectivity index (χ3v) is 2.95. The van der Waals surface area contributed by atoms with E-state index in [9.17, 15) is 14.4 Å². The number of likely N-dealkylation sites (tertiary alicyclic amines) is 1. The summed E-state index contributed by atoms with van der Waals surface area (Å²) in [5, 5.41) is 0. The molecule has 1 rings (SSSR count). The molecular weight excluding hydrogens is 250 g/mol. The van der Waals surface area contributed by atoms with Crippen LogP contribution in [0.1, 0.15) is 40.5 Å². The average Bonchev–Trinajstić information content (AvgIpc) is 2.51. The van der Waals surface area contributed by atoms with Crippen molar-refractivity contribution in [1.82, 2.24) is 4.90 Å². The summed E-state index contributed by atoms with van der Waals surface area (Å²) in [4.78, 5) is 36.3. The first-order valence-electron chi connectivity index (χ1n) is 6.27. The number of hydrogen-bond acceptors (Lipinski definition) is 5. The number of carbonyl (C=O) groups excluding carboxylic acids is 3. The van der Waals surface area contributed by atoms with Gasteiger partial charge in [0.05, 0.1) is 19.6 Å². The van der Waals surface area contributed by atoms with Gasteiger partial charge in [0.1, 0.15) is 5.60 Å². The van der Waals surface area contributed by atoms with E-state index in [0.29, 0.717) is 0 Å². The van der Waals surface area contributed by atoms with Crippen LogP contribution >= 0.6 is 0 Å². The van der Waals surface area contributed by atoms with Gasteiger partial charge in [-0.3, -0.25) is 9.59 Å². The van der Waals surface area contributed by atoms with Gasteiger partial charge < -0.3 is 9.47 Å². The molecule has 0 aromatic carbocycles. The first-order valence-corrected chi connectivity index (χ1v) is 6.27. The summed E-state index contributed by atoms with van der Waals surface area (Å²) in [5.41, 5.74) is -0.682. The van der Waals surface area contributed by atoms with Crippen molar-refractivity contribution < 1.29 is 23.9 Å². The number of ether oxygens (including phenoxy) is 2. The summed E-state index contributed by atoms with van der Waals surface area (Å²) in [6.45, 7) is 7.01. The Morgan fingerprint density at radius 2 is 1.95 bits per heavy atom. The van der Waals surface area contributed by atoms with E-state index in [1.54, 1.807) is 20.8 Å². The van der Waals surface area contributed by atoms with E-state index < -0.39 is 23.7 Å². The molecule has 19 heavy (non-hydrogen) atoms. The lowest BCUT2D eigenvalue weighted by molar-refractivity contribution is -0.142. The van der Waals surface area contributed by atoms with E-state index in [1.807, 2.05) is 6.92 Å². The van der Waals surface area contributed by atoms with Gasteiger partial charge in [0.2, 0.25) is 5.91 Å². The molecule has 1 aliphatic heterocycles. The lowest BCUT2D eigenvalue weighted by Gasteiger charge is -2.28. The van der Waals surface area contributed by atoms with Crippen molar-refractivity contribution in [3.05, 3.63) is 0 Å². The maximum Gasteiger partial charge on any atom is 0.417 e. The fourth-order valence-electron chi connectivity index (χ4n) is 2.04. The molecule has 0 aromatic rings. The van der Waals surface area contributed by atoms with Crippen LogP contribution < -0.4 is 0 Å². The Hall–Kier alpha value is -1.59. The maximum absolute atomic E-state index is 12.0. The summed E-state index contributed by atoms with van der Waals surface area (Å²) in [6, 6.07) is -0.491. The molecule has 0 bridgehead atoms. The Balaban J connectivity index is 2.85. The monoisotopic (exact) mass is 271 g/mol. The molecule has 0 radical (unpaired) electrons. The topological polar surface area (TPSA) is 72.9 Å². The third-order valence-electron chi connectivity index (χ3n) is 2.95. The van der Waals surface area contributed by atoms with E-state index in [2.05, 4.69) is 4.74 Å². The number of carbonyl (C=O) groups is 3. The Morgan fingerprint density at radius 3 is 2.42 bits per heavy atom. The van der Waals surface area contributed by atoms with Crippen molar-refractivity contribution in [2.75, 3.05) is 7.11 Å². The van der Waals surface area contributed by atoms with Gasteiger partial charge in [0.25, 0.3) is 0 Å². The quantitative estimate of drug-likeness (QED) is 0.715. The summed E-state index contributed by atoms with van der Waals surface area (Å²) < 4.78 is 9.80. The molecule has 6 nitrogen and oxygen atoms in total. The van der Waals surface area contributed by atoms with Crippen LogP contribution in [0, 0.1) is 5.92 Å². The normalized spacial score (nSPS) is 23.4. The van der Waals surface area contributed by atoms with Crippen molar-refractivity contribution in [3.8, 4) is 0 Å². The van der Waals surface area contributed by atoms with Gasteiger partial charge in [-0.25, -0.2) is 9.69 Å². The second-order valence-corrected chi connectivity index (χ2v) is 5.77. The lowest BCUT2D eigenvalue weighted by atomic mass is 10.00. The van der Waals surface area contributed by atoms with Gasteiger partial charge in [-0.2, -0.15) is 0 Å². The largest absolute Gasteiger partial charge is 0.469 e. The molecule has 0 spiro atoms. The molecule has 1 aliphatic rings. The molecule has 1 heterocycles. The van der Waals surface area contributed by atoms with E-state index >= 15 is 0 Å². The third kappa shape index (κ3) is 3.94. The van der Waals surface area contributed by atoms with Crippen molar-refractivity contribution in [3.63, 3.8) is 0 Å². The number of nitrogens with zero attached hydrogens (tertiary/aromatic N) is 1. The standard InChI is InChI=1S/C13H21NO5/c1-8-6-10(15)14(9(8)7-11(16)18-5)12(17)19-13(2,3)4/h8-9H,6-7H2,1-5H3/t8-,9+/m1/s1. The number of imide groups is 1. The van der Waals surface area contributed by atoms with Crippen LogP contribution in [0.2, 0.25) is 0 Å². The number of hydrogen-bond donors (Lipinski definition) is 0. The van der Waals surface area contributed by atoms with Crippen molar-refractivity contribution in [2.24, 2.45) is 5.92 Å². The Morgan fingerprint density at radius 1 is 1.37 bits per heavy atom. The van der Waals surface area contributed by atoms with Gasteiger partial charge in [0.15, 0.2) is 0 Å². The summed E-state index contributed by atoms with van der Waals surface area (Å²) in [5.74, 6) is -0.838. The first kappa shape index (κ1) is 15.5. The van der Waals surface area contributed by atoms with Crippen molar-refractivity contribution in [1.29, 1.82) is 0 Å². The van der Waals surface area contributed by atoms with E-state index in [4.69, 9.17) is 4.74 Å². The summed E-state index contributed by atoms with van der Waals surface area (Å²) >= 11 is 0. The maximum atomic E-state index is 12.0. The van der Waals surface area contributed by atoms with E-state index in [-0.39, 0.29) is 24.7 Å². The zero-order valence-electron chi connectivity index (χ0n) is 12.1. The minimum Gasteiger partial charge on any atom is -0.469 e. The Bertz CT molecular complexity index is 385. The minimum atomic E-state index is -0.698. The smallest absolute Gasteiger partial charge is 0.417 e. The average molecular weight is 271 g/mol. The fourth-order valence-corrected chi connectivity index (χ4v) is 2.04. The highest BCUT2D eigenvalue weighted by atomic mass is 16.6. The molecular formula is C13H21NO5. The second-order valence-electron chi connectivity index (χ2n) is 5.77.